The molecular formula is C12H13NO3. The largest absolute Gasteiger partial charge is 0.497 e. The number of nitrogens with zero attached hydrogens (tertiary/aromatic N) is 1. The van der Waals surface area contributed by atoms with Crippen molar-refractivity contribution in [2.24, 2.45) is 5.92 Å². The molecule has 0 saturated carbocycles. The van der Waals surface area contributed by atoms with Gasteiger partial charge in [-0.2, -0.15) is 5.26 Å². The van der Waals surface area contributed by atoms with E-state index < -0.39 is 11.9 Å². The van der Waals surface area contributed by atoms with Crippen LogP contribution in [-0.4, -0.2) is 18.2 Å². The monoisotopic (exact) mass is 219 g/mol. The van der Waals surface area contributed by atoms with E-state index in [1.54, 1.807) is 19.2 Å². The van der Waals surface area contributed by atoms with E-state index in [0.29, 0.717) is 6.42 Å². The van der Waals surface area contributed by atoms with Crippen molar-refractivity contribution < 1.29 is 14.6 Å². The first-order valence-corrected chi connectivity index (χ1v) is 4.90. The Morgan fingerprint density at radius 2 is 2.12 bits per heavy atom. The van der Waals surface area contributed by atoms with Crippen molar-refractivity contribution in [1.82, 2.24) is 0 Å². The zero-order valence-corrected chi connectivity index (χ0v) is 9.01. The first-order valence-electron chi connectivity index (χ1n) is 4.90. The number of methoxy groups -OCH3 is 1. The van der Waals surface area contributed by atoms with Crippen LogP contribution in [0.2, 0.25) is 0 Å². The number of carboxylic acids is 1. The van der Waals surface area contributed by atoms with Gasteiger partial charge in [-0.3, -0.25) is 4.79 Å². The molecule has 1 rings (SSSR count). The van der Waals surface area contributed by atoms with Gasteiger partial charge in [-0.05, 0) is 24.1 Å². The summed E-state index contributed by atoms with van der Waals surface area (Å²) in [5.74, 6) is -0.679. The number of carboxylic acid groups (broad SMARTS) is 1. The molecule has 4 heteroatoms. The van der Waals surface area contributed by atoms with E-state index in [0.717, 1.165) is 11.3 Å². The van der Waals surface area contributed by atoms with Crippen LogP contribution in [0.3, 0.4) is 0 Å². The third kappa shape index (κ3) is 3.62. The van der Waals surface area contributed by atoms with Gasteiger partial charge < -0.3 is 9.84 Å². The molecular weight excluding hydrogens is 206 g/mol. The molecule has 4 nitrogen and oxygen atoms in total. The Labute approximate surface area is 94.1 Å². The molecule has 0 spiro atoms. The molecule has 1 unspecified atom stereocenters. The molecule has 1 N–H and O–H groups in total. The van der Waals surface area contributed by atoms with Crippen LogP contribution in [0.5, 0.6) is 5.75 Å². The smallest absolute Gasteiger partial charge is 0.304 e. The molecule has 0 aliphatic carbocycles. The van der Waals surface area contributed by atoms with Crippen molar-refractivity contribution >= 4 is 5.97 Å². The van der Waals surface area contributed by atoms with Gasteiger partial charge in [0.2, 0.25) is 0 Å². The summed E-state index contributed by atoms with van der Waals surface area (Å²) in [5.41, 5.74) is 0.939. The van der Waals surface area contributed by atoms with Crippen LogP contribution < -0.4 is 4.74 Å². The molecule has 0 aliphatic heterocycles. The molecule has 1 atom stereocenters. The van der Waals surface area contributed by atoms with E-state index in [2.05, 4.69) is 0 Å². The lowest BCUT2D eigenvalue weighted by atomic mass is 9.98. The molecule has 0 bridgehead atoms. The number of rotatable bonds is 5. The Hall–Kier alpha value is -2.02. The lowest BCUT2D eigenvalue weighted by Crippen LogP contribution is -2.08. The van der Waals surface area contributed by atoms with Crippen LogP contribution in [0.1, 0.15) is 12.0 Å². The van der Waals surface area contributed by atoms with Crippen LogP contribution in [-0.2, 0) is 11.2 Å². The zero-order valence-electron chi connectivity index (χ0n) is 9.01. The lowest BCUT2D eigenvalue weighted by molar-refractivity contribution is -0.137. The van der Waals surface area contributed by atoms with Gasteiger partial charge in [-0.15, -0.1) is 0 Å². The van der Waals surface area contributed by atoms with Gasteiger partial charge in [-0.1, -0.05) is 12.1 Å². The molecule has 84 valence electrons. The molecule has 0 aliphatic rings. The Morgan fingerprint density at radius 1 is 1.50 bits per heavy atom. The minimum absolute atomic E-state index is 0.122. The Morgan fingerprint density at radius 3 is 2.56 bits per heavy atom. The number of ether oxygens (including phenoxy) is 1. The quantitative estimate of drug-likeness (QED) is 0.820. The van der Waals surface area contributed by atoms with Gasteiger partial charge in [-0.25, -0.2) is 0 Å². The summed E-state index contributed by atoms with van der Waals surface area (Å²) in [7, 11) is 1.58. The van der Waals surface area contributed by atoms with Gasteiger partial charge in [0.15, 0.2) is 0 Å². The summed E-state index contributed by atoms with van der Waals surface area (Å²) < 4.78 is 5.01. The first-order chi connectivity index (χ1) is 7.65. The number of aliphatic carboxylic acids is 1. The Balaban J connectivity index is 2.64. The molecule has 0 saturated heterocycles. The van der Waals surface area contributed by atoms with Crippen LogP contribution in [0.25, 0.3) is 0 Å². The maximum absolute atomic E-state index is 10.5. The molecule has 1 aromatic rings. The molecule has 0 heterocycles. The minimum Gasteiger partial charge on any atom is -0.497 e. The maximum atomic E-state index is 10.5. The van der Waals surface area contributed by atoms with Crippen molar-refractivity contribution in [3.63, 3.8) is 0 Å². The predicted molar refractivity (Wildman–Crippen MR) is 58.1 cm³/mol. The lowest BCUT2D eigenvalue weighted by Gasteiger charge is -2.06. The predicted octanol–water partition coefficient (Wildman–Crippen LogP) is 1.85. The Bertz CT molecular complexity index is 392. The highest BCUT2D eigenvalue weighted by molar-refractivity contribution is 5.67. The average Bonchev–Trinajstić information content (AvgIpc) is 2.28. The van der Waals surface area contributed by atoms with Crippen molar-refractivity contribution in [2.75, 3.05) is 7.11 Å². The maximum Gasteiger partial charge on any atom is 0.304 e. The van der Waals surface area contributed by atoms with Crippen LogP contribution in [0.4, 0.5) is 0 Å². The molecule has 0 radical (unpaired) electrons. The molecule has 0 fully saturated rings. The van der Waals surface area contributed by atoms with E-state index in [-0.39, 0.29) is 6.42 Å². The average molecular weight is 219 g/mol. The number of benzene rings is 1. The fourth-order valence-corrected chi connectivity index (χ4v) is 1.42. The number of nitriles is 1. The van der Waals surface area contributed by atoms with Crippen molar-refractivity contribution in [3.05, 3.63) is 29.8 Å². The number of carbonyl (C=O) groups is 1. The van der Waals surface area contributed by atoms with Gasteiger partial charge >= 0.3 is 5.97 Å². The number of hydrogen-bond donors (Lipinski definition) is 1. The van der Waals surface area contributed by atoms with Crippen molar-refractivity contribution in [3.8, 4) is 11.8 Å². The molecule has 0 aromatic heterocycles. The van der Waals surface area contributed by atoms with Crippen LogP contribution >= 0.6 is 0 Å². The van der Waals surface area contributed by atoms with Crippen LogP contribution in [0, 0.1) is 17.2 Å². The summed E-state index contributed by atoms with van der Waals surface area (Å²) >= 11 is 0. The normalized spacial score (nSPS) is 11.5. The van der Waals surface area contributed by atoms with E-state index >= 15 is 0 Å². The fourth-order valence-electron chi connectivity index (χ4n) is 1.42. The number of hydrogen-bond acceptors (Lipinski definition) is 3. The van der Waals surface area contributed by atoms with Gasteiger partial charge in [0, 0.05) is 0 Å². The van der Waals surface area contributed by atoms with E-state index in [4.69, 9.17) is 15.1 Å². The van der Waals surface area contributed by atoms with Gasteiger partial charge in [0.25, 0.3) is 0 Å². The summed E-state index contributed by atoms with van der Waals surface area (Å²) in [6.45, 7) is 0. The zero-order chi connectivity index (χ0) is 12.0. The molecule has 1 aromatic carbocycles. The van der Waals surface area contributed by atoms with Crippen molar-refractivity contribution in [1.29, 1.82) is 5.26 Å². The van der Waals surface area contributed by atoms with E-state index in [1.807, 2.05) is 18.2 Å². The fraction of sp³-hybridized carbons (Fsp3) is 0.333. The molecule has 16 heavy (non-hydrogen) atoms. The van der Waals surface area contributed by atoms with E-state index in [1.165, 1.54) is 0 Å². The second kappa shape index (κ2) is 5.76. The van der Waals surface area contributed by atoms with Gasteiger partial charge in [0.05, 0.1) is 25.5 Å². The summed E-state index contributed by atoms with van der Waals surface area (Å²) in [6, 6.07) is 9.27. The van der Waals surface area contributed by atoms with Crippen LogP contribution in [0.15, 0.2) is 24.3 Å². The van der Waals surface area contributed by atoms with Gasteiger partial charge in [0.1, 0.15) is 5.75 Å². The standard InChI is InChI=1S/C12H13NO3/c1-16-11-4-2-9(3-5-11)6-10(8-13)7-12(14)15/h2-5,10H,6-7H2,1H3,(H,14,15). The summed E-state index contributed by atoms with van der Waals surface area (Å²) in [5, 5.41) is 17.4. The second-order valence-corrected chi connectivity index (χ2v) is 3.48. The first kappa shape index (κ1) is 12.1. The minimum atomic E-state index is -0.944. The topological polar surface area (TPSA) is 70.3 Å². The second-order valence-electron chi connectivity index (χ2n) is 3.48. The third-order valence-electron chi connectivity index (χ3n) is 2.24. The summed E-state index contributed by atoms with van der Waals surface area (Å²) in [4.78, 5) is 10.5. The highest BCUT2D eigenvalue weighted by atomic mass is 16.5. The van der Waals surface area contributed by atoms with Crippen molar-refractivity contribution in [2.45, 2.75) is 12.8 Å². The third-order valence-corrected chi connectivity index (χ3v) is 2.24. The SMILES string of the molecule is COc1ccc(CC(C#N)CC(=O)O)cc1. The Kier molecular flexibility index (Phi) is 4.34. The van der Waals surface area contributed by atoms with E-state index in [9.17, 15) is 4.79 Å². The highest BCUT2D eigenvalue weighted by Gasteiger charge is 2.12. The molecule has 0 amide bonds. The highest BCUT2D eigenvalue weighted by Crippen LogP contribution is 2.16. The summed E-state index contributed by atoms with van der Waals surface area (Å²) in [6.07, 6.45) is 0.329.